The van der Waals surface area contributed by atoms with Crippen molar-refractivity contribution in [3.05, 3.63) is 39.9 Å². The molecule has 1 N–H and O–H groups in total. The quantitative estimate of drug-likeness (QED) is 0.498. The highest BCUT2D eigenvalue weighted by molar-refractivity contribution is 5.47. The molecule has 0 aromatic heterocycles. The fourth-order valence-electron chi connectivity index (χ4n) is 8.89. The molecule has 4 aliphatic carbocycles. The first-order valence-electron chi connectivity index (χ1n) is 12.7. The number of rotatable bonds is 3. The predicted molar refractivity (Wildman–Crippen MR) is 127 cm³/mol. The molecule has 9 atom stereocenters. The van der Waals surface area contributed by atoms with E-state index in [4.69, 9.17) is 0 Å². The molecule has 0 unspecified atom stereocenters. The minimum Gasteiger partial charge on any atom is -0.390 e. The average molecular weight is 441 g/mol. The highest BCUT2D eigenvalue weighted by Gasteiger charge is 2.64. The molecule has 4 aliphatic rings. The van der Waals surface area contributed by atoms with Gasteiger partial charge in [-0.15, -0.1) is 0 Å². The largest absolute Gasteiger partial charge is 0.390 e. The van der Waals surface area contributed by atoms with Gasteiger partial charge in [-0.1, -0.05) is 19.1 Å². The topological polar surface area (TPSA) is 66.6 Å². The van der Waals surface area contributed by atoms with Gasteiger partial charge in [-0.3, -0.25) is 10.1 Å². The number of benzene rings is 1. The summed E-state index contributed by atoms with van der Waals surface area (Å²) in [7, 11) is 4.13. The van der Waals surface area contributed by atoms with E-state index in [0.29, 0.717) is 35.5 Å². The summed E-state index contributed by atoms with van der Waals surface area (Å²) in [6, 6.07) is 8.61. The highest BCUT2D eigenvalue weighted by atomic mass is 16.6. The van der Waals surface area contributed by atoms with Crippen LogP contribution in [0.1, 0.15) is 76.7 Å². The van der Waals surface area contributed by atoms with Gasteiger partial charge in [-0.2, -0.15) is 0 Å². The van der Waals surface area contributed by atoms with Crippen molar-refractivity contribution in [1.29, 1.82) is 0 Å². The summed E-state index contributed by atoms with van der Waals surface area (Å²) in [6.07, 6.45) is 7.98. The summed E-state index contributed by atoms with van der Waals surface area (Å²) in [5, 5.41) is 22.8. The second-order valence-electron chi connectivity index (χ2n) is 12.3. The van der Waals surface area contributed by atoms with Crippen molar-refractivity contribution in [1.82, 2.24) is 0 Å². The molecule has 0 aliphatic heterocycles. The Morgan fingerprint density at radius 1 is 1.00 bits per heavy atom. The Labute approximate surface area is 192 Å². The lowest BCUT2D eigenvalue weighted by atomic mass is 9.46. The summed E-state index contributed by atoms with van der Waals surface area (Å²) >= 11 is 0. The minimum atomic E-state index is -0.524. The summed E-state index contributed by atoms with van der Waals surface area (Å²) in [6.45, 7) is 4.26. The molecule has 0 bridgehead atoms. The standard InChI is InChI=1S/C27H40N2O3/c1-26(30)14-13-20-18(15-26)7-10-21-23-11-12-24(29(31)32)27(23,2)16-22(25(20)21)17-5-8-19(9-6-17)28(3)4/h5-6,8-9,18,20-25,30H,7,10-16H2,1-4H3/t18-,20-,21-,22+,23-,24-,25+,26-,27-/m0/s1. The highest BCUT2D eigenvalue weighted by Crippen LogP contribution is 2.66. The van der Waals surface area contributed by atoms with E-state index in [1.54, 1.807) is 0 Å². The lowest BCUT2D eigenvalue weighted by Gasteiger charge is -2.59. The molecule has 4 saturated carbocycles. The van der Waals surface area contributed by atoms with E-state index < -0.39 is 11.6 Å². The summed E-state index contributed by atoms with van der Waals surface area (Å²) < 4.78 is 0. The Balaban J connectivity index is 1.54. The molecule has 0 radical (unpaired) electrons. The molecule has 0 spiro atoms. The molecular weight excluding hydrogens is 400 g/mol. The van der Waals surface area contributed by atoms with Crippen molar-refractivity contribution in [2.75, 3.05) is 19.0 Å². The molecule has 0 saturated heterocycles. The van der Waals surface area contributed by atoms with Crippen LogP contribution < -0.4 is 4.90 Å². The van der Waals surface area contributed by atoms with Crippen LogP contribution in [0.3, 0.4) is 0 Å². The molecule has 176 valence electrons. The zero-order valence-corrected chi connectivity index (χ0v) is 20.2. The molecule has 1 aromatic carbocycles. The van der Waals surface area contributed by atoms with Gasteiger partial charge in [-0.25, -0.2) is 0 Å². The molecule has 32 heavy (non-hydrogen) atoms. The first-order chi connectivity index (χ1) is 15.1. The third kappa shape index (κ3) is 3.46. The fraction of sp³-hybridized carbons (Fsp3) is 0.778. The number of anilines is 1. The second-order valence-corrected chi connectivity index (χ2v) is 12.3. The third-order valence-corrected chi connectivity index (χ3v) is 10.3. The van der Waals surface area contributed by atoms with Crippen LogP contribution >= 0.6 is 0 Å². The van der Waals surface area contributed by atoms with E-state index in [9.17, 15) is 15.2 Å². The number of nitro groups is 1. The fourth-order valence-corrected chi connectivity index (χ4v) is 8.89. The van der Waals surface area contributed by atoms with Gasteiger partial charge in [0.25, 0.3) is 0 Å². The van der Waals surface area contributed by atoms with Crippen LogP contribution in [0.15, 0.2) is 24.3 Å². The smallest absolute Gasteiger partial charge is 0.218 e. The third-order valence-electron chi connectivity index (χ3n) is 10.3. The molecule has 5 nitrogen and oxygen atoms in total. The molecular formula is C27H40N2O3. The van der Waals surface area contributed by atoms with E-state index in [1.807, 2.05) is 6.92 Å². The normalized spacial score (nSPS) is 45.5. The van der Waals surface area contributed by atoms with Crippen molar-refractivity contribution in [3.63, 3.8) is 0 Å². The van der Waals surface area contributed by atoms with Gasteiger partial charge in [0.15, 0.2) is 0 Å². The molecule has 1 aromatic rings. The van der Waals surface area contributed by atoms with Crippen molar-refractivity contribution in [2.24, 2.45) is 35.0 Å². The molecule has 4 fully saturated rings. The van der Waals surface area contributed by atoms with Crippen LogP contribution in [0.5, 0.6) is 0 Å². The maximum atomic E-state index is 12.1. The van der Waals surface area contributed by atoms with Gasteiger partial charge in [-0.05, 0) is 105 Å². The van der Waals surface area contributed by atoms with Crippen molar-refractivity contribution >= 4 is 5.69 Å². The Kier molecular flexibility index (Phi) is 5.35. The Morgan fingerprint density at radius 2 is 1.72 bits per heavy atom. The van der Waals surface area contributed by atoms with Gasteiger partial charge in [0.2, 0.25) is 6.04 Å². The van der Waals surface area contributed by atoms with E-state index >= 15 is 0 Å². The number of fused-ring (bicyclic) bond motifs is 5. The Hall–Kier alpha value is -1.62. The summed E-state index contributed by atoms with van der Waals surface area (Å²) in [4.78, 5) is 14.2. The Morgan fingerprint density at radius 3 is 2.38 bits per heavy atom. The average Bonchev–Trinajstić information content (AvgIpc) is 3.09. The van der Waals surface area contributed by atoms with Crippen LogP contribution in [0.4, 0.5) is 5.69 Å². The monoisotopic (exact) mass is 440 g/mol. The zero-order valence-electron chi connectivity index (χ0n) is 20.2. The van der Waals surface area contributed by atoms with E-state index in [-0.39, 0.29) is 10.3 Å². The van der Waals surface area contributed by atoms with Crippen molar-refractivity contribution in [2.45, 2.75) is 82.8 Å². The lowest BCUT2D eigenvalue weighted by molar-refractivity contribution is -0.540. The maximum absolute atomic E-state index is 12.1. The summed E-state index contributed by atoms with van der Waals surface area (Å²) in [5.41, 5.74) is 1.84. The minimum absolute atomic E-state index is 0.0377. The predicted octanol–water partition coefficient (Wildman–Crippen LogP) is 5.50. The first-order valence-corrected chi connectivity index (χ1v) is 12.7. The van der Waals surface area contributed by atoms with Crippen molar-refractivity contribution in [3.8, 4) is 0 Å². The molecule has 5 rings (SSSR count). The van der Waals surface area contributed by atoms with Gasteiger partial charge in [0, 0.05) is 36.5 Å². The SMILES string of the molecule is CN(C)c1ccc([C@H]2C[C@]3(C)[C@@H]([N+](=O)[O-])CC[C@H]3[C@@H]3CC[C@H]4C[C@@](C)(O)CC[C@@H]4[C@H]32)cc1. The summed E-state index contributed by atoms with van der Waals surface area (Å²) in [5.74, 6) is 3.28. The number of hydrogen-bond donors (Lipinski definition) is 1. The second kappa shape index (κ2) is 7.72. The number of hydrogen-bond acceptors (Lipinski definition) is 4. The van der Waals surface area contributed by atoms with E-state index in [0.717, 1.165) is 38.5 Å². The zero-order chi connectivity index (χ0) is 22.8. The Bertz CT molecular complexity index is 866. The number of aliphatic hydroxyl groups is 1. The van der Waals surface area contributed by atoms with Crippen LogP contribution in [-0.4, -0.2) is 35.8 Å². The van der Waals surface area contributed by atoms with Crippen LogP contribution in [0, 0.1) is 45.1 Å². The molecule has 5 heteroatoms. The van der Waals surface area contributed by atoms with Crippen LogP contribution in [0.2, 0.25) is 0 Å². The maximum Gasteiger partial charge on any atom is 0.218 e. The van der Waals surface area contributed by atoms with Gasteiger partial charge in [0.05, 0.1) is 5.60 Å². The first kappa shape index (κ1) is 22.2. The van der Waals surface area contributed by atoms with Crippen molar-refractivity contribution < 1.29 is 10.0 Å². The van der Waals surface area contributed by atoms with Crippen LogP contribution in [-0.2, 0) is 0 Å². The molecule has 0 heterocycles. The van der Waals surface area contributed by atoms with Gasteiger partial charge in [0.1, 0.15) is 0 Å². The molecule has 0 amide bonds. The lowest BCUT2D eigenvalue weighted by Crippen LogP contribution is -2.54. The van der Waals surface area contributed by atoms with Gasteiger partial charge >= 0.3 is 0 Å². The van der Waals surface area contributed by atoms with E-state index in [1.165, 1.54) is 24.1 Å². The number of nitrogens with zero attached hydrogens (tertiary/aromatic N) is 2. The van der Waals surface area contributed by atoms with Crippen LogP contribution in [0.25, 0.3) is 0 Å². The van der Waals surface area contributed by atoms with Gasteiger partial charge < -0.3 is 10.0 Å². The van der Waals surface area contributed by atoms with E-state index in [2.05, 4.69) is 50.2 Å².